The van der Waals surface area contributed by atoms with Crippen molar-refractivity contribution in [2.45, 2.75) is 0 Å². The molecule has 0 atom stereocenters. The predicted octanol–water partition coefficient (Wildman–Crippen LogP) is 1.73. The normalized spacial score (nSPS) is 10.8. The Hall–Kier alpha value is -2.15. The molecule has 1 rings (SSSR count). The zero-order valence-electron chi connectivity index (χ0n) is 8.71. The number of anilines is 1. The summed E-state index contributed by atoms with van der Waals surface area (Å²) in [6.45, 7) is 0. The molecule has 0 amide bonds. The maximum Gasteiger partial charge on any atom is 0.370 e. The molecular formula is C9H8ClN3O4. The highest BCUT2D eigenvalue weighted by Gasteiger charge is 2.08. The number of esters is 1. The highest BCUT2D eigenvalue weighted by atomic mass is 35.5. The van der Waals surface area contributed by atoms with Gasteiger partial charge >= 0.3 is 5.97 Å². The SMILES string of the molecule is COC(=O)/C(Cl)=N/Nc1ccc([N+](=O)[O-])cc1. The van der Waals surface area contributed by atoms with Crippen molar-refractivity contribution in [3.63, 3.8) is 0 Å². The number of methoxy groups -OCH3 is 1. The number of nitro groups is 1. The molecule has 0 fully saturated rings. The number of carbonyl (C=O) groups is 1. The molecule has 90 valence electrons. The van der Waals surface area contributed by atoms with Crippen LogP contribution in [0.5, 0.6) is 0 Å². The maximum absolute atomic E-state index is 10.9. The molecular weight excluding hydrogens is 250 g/mol. The molecule has 0 bridgehead atoms. The highest BCUT2D eigenvalue weighted by Crippen LogP contribution is 2.15. The van der Waals surface area contributed by atoms with E-state index in [1.807, 2.05) is 0 Å². The summed E-state index contributed by atoms with van der Waals surface area (Å²) in [6.07, 6.45) is 0. The number of nitro benzene ring substituents is 1. The lowest BCUT2D eigenvalue weighted by Gasteiger charge is -2.00. The number of nitrogens with one attached hydrogen (secondary N) is 1. The number of nitrogens with zero attached hydrogens (tertiary/aromatic N) is 2. The smallest absolute Gasteiger partial charge is 0.370 e. The molecule has 1 N–H and O–H groups in total. The summed E-state index contributed by atoms with van der Waals surface area (Å²) in [4.78, 5) is 20.7. The van der Waals surface area contributed by atoms with Crippen molar-refractivity contribution in [3.05, 3.63) is 34.4 Å². The van der Waals surface area contributed by atoms with E-state index in [9.17, 15) is 14.9 Å². The second-order valence-electron chi connectivity index (χ2n) is 2.81. The topological polar surface area (TPSA) is 93.8 Å². The standard InChI is InChI=1S/C9H8ClN3O4/c1-17-9(14)8(10)12-11-6-2-4-7(5-3-6)13(15)16/h2-5,11H,1H3/b12-8-. The first-order valence-electron chi connectivity index (χ1n) is 4.36. The molecule has 0 aliphatic carbocycles. The Bertz CT molecular complexity index is 458. The first-order chi connectivity index (χ1) is 8.04. The molecule has 0 aliphatic rings. The van der Waals surface area contributed by atoms with Crippen LogP contribution in [0.15, 0.2) is 29.4 Å². The maximum atomic E-state index is 10.9. The van der Waals surface area contributed by atoms with Gasteiger partial charge in [0.25, 0.3) is 5.69 Å². The Kier molecular flexibility index (Phi) is 4.41. The Morgan fingerprint density at radius 2 is 2.06 bits per heavy atom. The predicted molar refractivity (Wildman–Crippen MR) is 62.0 cm³/mol. The lowest BCUT2D eigenvalue weighted by molar-refractivity contribution is -0.384. The number of carbonyl (C=O) groups excluding carboxylic acids is 1. The van der Waals surface area contributed by atoms with E-state index in [2.05, 4.69) is 15.3 Å². The van der Waals surface area contributed by atoms with Gasteiger partial charge in [-0.05, 0) is 12.1 Å². The fraction of sp³-hybridized carbons (Fsp3) is 0.111. The first kappa shape index (κ1) is 12.9. The largest absolute Gasteiger partial charge is 0.464 e. The number of benzene rings is 1. The van der Waals surface area contributed by atoms with E-state index in [1.165, 1.54) is 31.4 Å². The van der Waals surface area contributed by atoms with Crippen LogP contribution in [0.25, 0.3) is 0 Å². The third kappa shape index (κ3) is 3.72. The number of non-ortho nitro benzene ring substituents is 1. The van der Waals surface area contributed by atoms with Crippen LogP contribution in [-0.4, -0.2) is 23.2 Å². The number of ether oxygens (including phenoxy) is 1. The summed E-state index contributed by atoms with van der Waals surface area (Å²) < 4.78 is 4.32. The molecule has 0 aliphatic heterocycles. The molecule has 7 nitrogen and oxygen atoms in total. The van der Waals surface area contributed by atoms with Gasteiger partial charge in [-0.3, -0.25) is 15.5 Å². The van der Waals surface area contributed by atoms with Gasteiger partial charge in [-0.25, -0.2) is 4.79 Å². The monoisotopic (exact) mass is 257 g/mol. The lowest BCUT2D eigenvalue weighted by Crippen LogP contribution is -2.11. The van der Waals surface area contributed by atoms with Gasteiger partial charge < -0.3 is 4.74 Å². The van der Waals surface area contributed by atoms with Crippen molar-refractivity contribution >= 4 is 34.1 Å². The summed E-state index contributed by atoms with van der Waals surface area (Å²) in [5, 5.41) is 13.5. The average molecular weight is 258 g/mol. The van der Waals surface area contributed by atoms with Gasteiger partial charge in [0.1, 0.15) is 0 Å². The summed E-state index contributed by atoms with van der Waals surface area (Å²) in [6, 6.07) is 5.46. The second-order valence-corrected chi connectivity index (χ2v) is 3.17. The van der Waals surface area contributed by atoms with Crippen LogP contribution in [0.2, 0.25) is 0 Å². The van der Waals surface area contributed by atoms with Crippen LogP contribution in [-0.2, 0) is 9.53 Å². The van der Waals surface area contributed by atoms with Crippen molar-refractivity contribution in [1.29, 1.82) is 0 Å². The molecule has 0 heterocycles. The highest BCUT2D eigenvalue weighted by molar-refractivity contribution is 6.82. The van der Waals surface area contributed by atoms with Crippen LogP contribution < -0.4 is 5.43 Å². The minimum absolute atomic E-state index is 0.0430. The molecule has 0 saturated heterocycles. The van der Waals surface area contributed by atoms with Crippen LogP contribution in [0, 0.1) is 10.1 Å². The number of halogens is 1. The van der Waals surface area contributed by atoms with Crippen LogP contribution in [0.1, 0.15) is 0 Å². The Labute approximate surface area is 101 Å². The molecule has 0 spiro atoms. The zero-order valence-corrected chi connectivity index (χ0v) is 9.47. The van der Waals surface area contributed by atoms with E-state index in [1.54, 1.807) is 0 Å². The first-order valence-corrected chi connectivity index (χ1v) is 4.74. The van der Waals surface area contributed by atoms with Gasteiger partial charge in [0.15, 0.2) is 0 Å². The summed E-state index contributed by atoms with van der Waals surface area (Å²) >= 11 is 5.47. The molecule has 8 heteroatoms. The average Bonchev–Trinajstić information content (AvgIpc) is 2.35. The summed E-state index contributed by atoms with van der Waals surface area (Å²) in [5.74, 6) is -0.777. The number of hydrogen-bond donors (Lipinski definition) is 1. The van der Waals surface area contributed by atoms with E-state index in [4.69, 9.17) is 11.6 Å². The number of hydrogen-bond acceptors (Lipinski definition) is 6. The van der Waals surface area contributed by atoms with Crippen molar-refractivity contribution in [2.24, 2.45) is 5.10 Å². The minimum atomic E-state index is -0.777. The fourth-order valence-electron chi connectivity index (χ4n) is 0.901. The van der Waals surface area contributed by atoms with Gasteiger partial charge in [0.05, 0.1) is 17.7 Å². The molecule has 17 heavy (non-hydrogen) atoms. The molecule has 0 saturated carbocycles. The van der Waals surface area contributed by atoms with Gasteiger partial charge in [0.2, 0.25) is 5.17 Å². The third-order valence-corrected chi connectivity index (χ3v) is 1.95. The lowest BCUT2D eigenvalue weighted by atomic mass is 10.3. The van der Waals surface area contributed by atoms with E-state index in [-0.39, 0.29) is 10.9 Å². The molecule has 0 radical (unpaired) electrons. The molecule has 1 aromatic carbocycles. The van der Waals surface area contributed by atoms with E-state index < -0.39 is 10.9 Å². The molecule has 0 unspecified atom stereocenters. The van der Waals surface area contributed by atoms with E-state index in [0.717, 1.165) is 0 Å². The Balaban J connectivity index is 2.70. The minimum Gasteiger partial charge on any atom is -0.464 e. The van der Waals surface area contributed by atoms with Crippen molar-refractivity contribution in [3.8, 4) is 0 Å². The van der Waals surface area contributed by atoms with E-state index in [0.29, 0.717) is 5.69 Å². The number of rotatable bonds is 4. The molecule has 0 aromatic heterocycles. The van der Waals surface area contributed by atoms with Gasteiger partial charge in [-0.1, -0.05) is 11.6 Å². The zero-order chi connectivity index (χ0) is 12.8. The van der Waals surface area contributed by atoms with Crippen LogP contribution in [0.3, 0.4) is 0 Å². The third-order valence-electron chi connectivity index (χ3n) is 1.72. The molecule has 1 aromatic rings. The summed E-state index contributed by atoms with van der Waals surface area (Å²) in [7, 11) is 1.17. The Morgan fingerprint density at radius 1 is 1.47 bits per heavy atom. The van der Waals surface area contributed by atoms with Crippen LogP contribution in [0.4, 0.5) is 11.4 Å². The van der Waals surface area contributed by atoms with Crippen molar-refractivity contribution in [1.82, 2.24) is 0 Å². The van der Waals surface area contributed by atoms with Gasteiger partial charge in [-0.2, -0.15) is 5.10 Å². The van der Waals surface area contributed by atoms with Gasteiger partial charge in [-0.15, -0.1) is 0 Å². The van der Waals surface area contributed by atoms with Crippen LogP contribution >= 0.6 is 11.6 Å². The number of hydrazone groups is 1. The van der Waals surface area contributed by atoms with Crippen molar-refractivity contribution < 1.29 is 14.5 Å². The Morgan fingerprint density at radius 3 is 2.53 bits per heavy atom. The fourth-order valence-corrected chi connectivity index (χ4v) is 1.02. The van der Waals surface area contributed by atoms with Gasteiger partial charge in [0, 0.05) is 12.1 Å². The van der Waals surface area contributed by atoms with E-state index >= 15 is 0 Å². The second kappa shape index (κ2) is 5.80. The van der Waals surface area contributed by atoms with Crippen molar-refractivity contribution in [2.75, 3.05) is 12.5 Å². The quantitative estimate of drug-likeness (QED) is 0.384. The summed E-state index contributed by atoms with van der Waals surface area (Å²) in [5.41, 5.74) is 2.87.